The van der Waals surface area contributed by atoms with Crippen LogP contribution in [0, 0.1) is 6.92 Å². The number of carboxylic acids is 1. The molecule has 124 valence electrons. The van der Waals surface area contributed by atoms with Gasteiger partial charge in [0.1, 0.15) is 12.4 Å². The van der Waals surface area contributed by atoms with E-state index in [0.29, 0.717) is 28.9 Å². The number of cyclic esters (lactones) is 1. The van der Waals surface area contributed by atoms with E-state index in [4.69, 9.17) is 15.2 Å². The number of nitrogens with two attached hydrogens (primary N) is 1. The van der Waals surface area contributed by atoms with Gasteiger partial charge in [0.15, 0.2) is 0 Å². The Balaban J connectivity index is 2.74. The van der Waals surface area contributed by atoms with Crippen LogP contribution in [0.1, 0.15) is 53.2 Å². The summed E-state index contributed by atoms with van der Waals surface area (Å²) in [6.45, 7) is 5.61. The van der Waals surface area contributed by atoms with Gasteiger partial charge in [0.2, 0.25) is 0 Å². The Labute approximate surface area is 134 Å². The number of ether oxygens (including phenoxy) is 2. The fourth-order valence-electron chi connectivity index (χ4n) is 2.93. The summed E-state index contributed by atoms with van der Waals surface area (Å²) < 4.78 is 10.5. The minimum atomic E-state index is -1.01. The van der Waals surface area contributed by atoms with E-state index in [0.717, 1.165) is 5.57 Å². The molecule has 6 nitrogen and oxygen atoms in total. The Bertz CT molecular complexity index is 706. The van der Waals surface area contributed by atoms with Gasteiger partial charge in [0.25, 0.3) is 0 Å². The average Bonchev–Trinajstić information content (AvgIpc) is 2.90. The van der Waals surface area contributed by atoms with E-state index < -0.39 is 17.9 Å². The molecule has 1 heterocycles. The molecule has 0 spiro atoms. The average molecular weight is 319 g/mol. The van der Waals surface area contributed by atoms with Crippen molar-refractivity contribution in [2.75, 3.05) is 12.8 Å². The predicted octanol–water partition coefficient (Wildman–Crippen LogP) is 2.78. The maximum atomic E-state index is 12.0. The topological polar surface area (TPSA) is 98.8 Å². The summed E-state index contributed by atoms with van der Waals surface area (Å²) in [6.07, 6.45) is 2.15. The number of methoxy groups -OCH3 is 1. The maximum Gasteiger partial charge on any atom is 0.341 e. The third-order valence-corrected chi connectivity index (χ3v) is 4.32. The molecular weight excluding hydrogens is 298 g/mol. The van der Waals surface area contributed by atoms with Crippen LogP contribution in [0.15, 0.2) is 11.6 Å². The summed E-state index contributed by atoms with van der Waals surface area (Å²) in [4.78, 5) is 23.8. The summed E-state index contributed by atoms with van der Waals surface area (Å²) in [5, 5.41) is 9.67. The largest absolute Gasteiger partial charge is 0.496 e. The van der Waals surface area contributed by atoms with Crippen LogP contribution >= 0.6 is 0 Å². The van der Waals surface area contributed by atoms with Crippen LogP contribution in [0.4, 0.5) is 5.69 Å². The standard InChI is InChI=1S/C17H21NO5/c1-5-8(2)6-10(16(19)20)12-14(18)13-11(7-23-17(13)21)9(3)15(12)22-4/h5,10H,6-7,18H2,1-4H3,(H,19,20). The highest BCUT2D eigenvalue weighted by Gasteiger charge is 2.35. The number of esters is 1. The minimum absolute atomic E-state index is 0.131. The van der Waals surface area contributed by atoms with E-state index in [1.807, 2.05) is 19.9 Å². The maximum absolute atomic E-state index is 12.0. The lowest BCUT2D eigenvalue weighted by atomic mass is 9.85. The highest BCUT2D eigenvalue weighted by atomic mass is 16.5. The number of fused-ring (bicyclic) bond motifs is 1. The van der Waals surface area contributed by atoms with Crippen molar-refractivity contribution in [3.05, 3.63) is 33.9 Å². The quantitative estimate of drug-likeness (QED) is 0.492. The predicted molar refractivity (Wildman–Crippen MR) is 85.7 cm³/mol. The number of allylic oxidation sites excluding steroid dienone is 2. The molecule has 1 unspecified atom stereocenters. The van der Waals surface area contributed by atoms with E-state index >= 15 is 0 Å². The summed E-state index contributed by atoms with van der Waals surface area (Å²) >= 11 is 0. The number of nitrogen functional groups attached to an aromatic ring is 1. The van der Waals surface area contributed by atoms with Crippen molar-refractivity contribution in [1.29, 1.82) is 0 Å². The number of anilines is 1. The number of rotatable bonds is 5. The SMILES string of the molecule is CC=C(C)CC(C(=O)O)c1c(N)c2c(c(C)c1OC)COC2=O. The fraction of sp³-hybridized carbons (Fsp3) is 0.412. The lowest BCUT2D eigenvalue weighted by Gasteiger charge is -2.22. The molecule has 1 aliphatic rings. The molecule has 0 aliphatic carbocycles. The lowest BCUT2D eigenvalue weighted by Crippen LogP contribution is -2.18. The molecule has 0 aromatic heterocycles. The van der Waals surface area contributed by atoms with Crippen LogP contribution in [-0.2, 0) is 16.1 Å². The van der Waals surface area contributed by atoms with Crippen molar-refractivity contribution < 1.29 is 24.2 Å². The zero-order valence-electron chi connectivity index (χ0n) is 13.7. The molecule has 0 radical (unpaired) electrons. The van der Waals surface area contributed by atoms with E-state index in [2.05, 4.69) is 0 Å². The molecular formula is C17H21NO5. The van der Waals surface area contributed by atoms with Gasteiger partial charge in [-0.1, -0.05) is 11.6 Å². The zero-order chi connectivity index (χ0) is 17.3. The van der Waals surface area contributed by atoms with Crippen LogP contribution in [0.25, 0.3) is 0 Å². The first-order valence-electron chi connectivity index (χ1n) is 7.33. The minimum Gasteiger partial charge on any atom is -0.496 e. The van der Waals surface area contributed by atoms with Gasteiger partial charge in [0.05, 0.1) is 24.3 Å². The van der Waals surface area contributed by atoms with Gasteiger partial charge in [-0.2, -0.15) is 0 Å². The second-order valence-corrected chi connectivity index (χ2v) is 5.65. The Morgan fingerprint density at radius 2 is 2.17 bits per heavy atom. The van der Waals surface area contributed by atoms with Gasteiger partial charge < -0.3 is 20.3 Å². The van der Waals surface area contributed by atoms with Crippen molar-refractivity contribution >= 4 is 17.6 Å². The van der Waals surface area contributed by atoms with Crippen LogP contribution in [0.2, 0.25) is 0 Å². The number of carboxylic acid groups (broad SMARTS) is 1. The molecule has 0 amide bonds. The Kier molecular flexibility index (Phi) is 4.63. The first-order valence-corrected chi connectivity index (χ1v) is 7.33. The normalized spacial score (nSPS) is 15.1. The number of carbonyl (C=O) groups excluding carboxylic acids is 1. The highest BCUT2D eigenvalue weighted by Crippen LogP contribution is 2.44. The summed E-state index contributed by atoms with van der Waals surface area (Å²) in [6, 6.07) is 0. The Morgan fingerprint density at radius 1 is 1.52 bits per heavy atom. The third kappa shape index (κ3) is 2.76. The van der Waals surface area contributed by atoms with Gasteiger partial charge in [-0.15, -0.1) is 0 Å². The van der Waals surface area contributed by atoms with E-state index in [9.17, 15) is 14.7 Å². The molecule has 3 N–H and O–H groups in total. The summed E-state index contributed by atoms with van der Waals surface area (Å²) in [7, 11) is 1.47. The molecule has 0 saturated carbocycles. The molecule has 1 aromatic rings. The molecule has 23 heavy (non-hydrogen) atoms. The highest BCUT2D eigenvalue weighted by molar-refractivity contribution is 6.02. The molecule has 6 heteroatoms. The molecule has 0 saturated heterocycles. The van der Waals surface area contributed by atoms with E-state index in [1.165, 1.54) is 7.11 Å². The van der Waals surface area contributed by atoms with Gasteiger partial charge in [-0.25, -0.2) is 4.79 Å². The van der Waals surface area contributed by atoms with Crippen LogP contribution in [-0.4, -0.2) is 24.2 Å². The summed E-state index contributed by atoms with van der Waals surface area (Å²) in [5.41, 5.74) is 9.19. The second kappa shape index (κ2) is 6.32. The zero-order valence-corrected chi connectivity index (χ0v) is 13.7. The van der Waals surface area contributed by atoms with Crippen molar-refractivity contribution in [2.45, 2.75) is 39.7 Å². The molecule has 2 rings (SSSR count). The Hall–Kier alpha value is -2.50. The van der Waals surface area contributed by atoms with Crippen molar-refractivity contribution in [2.24, 2.45) is 0 Å². The number of aliphatic carboxylic acids is 1. The number of benzene rings is 1. The second-order valence-electron chi connectivity index (χ2n) is 5.65. The third-order valence-electron chi connectivity index (χ3n) is 4.32. The van der Waals surface area contributed by atoms with Crippen LogP contribution in [0.5, 0.6) is 5.75 Å². The lowest BCUT2D eigenvalue weighted by molar-refractivity contribution is -0.138. The number of hydrogen-bond donors (Lipinski definition) is 2. The molecule has 1 aromatic carbocycles. The monoisotopic (exact) mass is 319 g/mol. The van der Waals surface area contributed by atoms with Gasteiger partial charge in [0, 0.05) is 11.1 Å². The van der Waals surface area contributed by atoms with Gasteiger partial charge >= 0.3 is 11.9 Å². The first-order chi connectivity index (χ1) is 10.8. The number of carbonyl (C=O) groups is 2. The van der Waals surface area contributed by atoms with E-state index in [1.54, 1.807) is 6.92 Å². The van der Waals surface area contributed by atoms with E-state index in [-0.39, 0.29) is 17.9 Å². The van der Waals surface area contributed by atoms with Crippen molar-refractivity contribution in [1.82, 2.24) is 0 Å². The first kappa shape index (κ1) is 16.9. The van der Waals surface area contributed by atoms with Gasteiger partial charge in [-0.3, -0.25) is 4.79 Å². The van der Waals surface area contributed by atoms with Crippen LogP contribution in [0.3, 0.4) is 0 Å². The van der Waals surface area contributed by atoms with Crippen molar-refractivity contribution in [3.8, 4) is 5.75 Å². The van der Waals surface area contributed by atoms with Crippen LogP contribution < -0.4 is 10.5 Å². The fourth-order valence-corrected chi connectivity index (χ4v) is 2.93. The molecule has 0 fully saturated rings. The summed E-state index contributed by atoms with van der Waals surface area (Å²) in [5.74, 6) is -2.01. The van der Waals surface area contributed by atoms with Gasteiger partial charge in [-0.05, 0) is 32.8 Å². The number of hydrogen-bond acceptors (Lipinski definition) is 5. The molecule has 1 atom stereocenters. The Morgan fingerprint density at radius 3 is 2.70 bits per heavy atom. The smallest absolute Gasteiger partial charge is 0.341 e. The van der Waals surface area contributed by atoms with Crippen molar-refractivity contribution in [3.63, 3.8) is 0 Å². The molecule has 1 aliphatic heterocycles. The molecule has 0 bridgehead atoms.